The van der Waals surface area contributed by atoms with Gasteiger partial charge in [-0.1, -0.05) is 72.8 Å². The van der Waals surface area contributed by atoms with Crippen LogP contribution in [0.1, 0.15) is 35.6 Å². The molecule has 4 atom stereocenters. The molecule has 0 spiro atoms. The average molecular weight is 518 g/mol. The molecule has 3 aromatic carbocycles. The molecule has 1 aliphatic rings. The van der Waals surface area contributed by atoms with E-state index < -0.39 is 59.8 Å². The average Bonchev–Trinajstić information content (AvgIpc) is 3.01. The highest BCUT2D eigenvalue weighted by Gasteiger charge is 2.44. The Hall–Kier alpha value is -4.17. The number of halogens is 2. The molecule has 0 bridgehead atoms. The van der Waals surface area contributed by atoms with Crippen molar-refractivity contribution in [2.24, 2.45) is 5.73 Å². The molecule has 3 aromatic rings. The molecule has 38 heavy (non-hydrogen) atoms. The van der Waals surface area contributed by atoms with E-state index in [2.05, 4.69) is 0 Å². The lowest BCUT2D eigenvalue weighted by Crippen LogP contribution is -2.58. The van der Waals surface area contributed by atoms with Crippen LogP contribution in [0.2, 0.25) is 0 Å². The van der Waals surface area contributed by atoms with Crippen LogP contribution in [-0.4, -0.2) is 46.7 Å². The van der Waals surface area contributed by atoms with Gasteiger partial charge in [0.05, 0.1) is 18.5 Å². The maximum absolute atomic E-state index is 14.1. The van der Waals surface area contributed by atoms with Crippen molar-refractivity contribution in [1.29, 1.82) is 0 Å². The van der Waals surface area contributed by atoms with Crippen molar-refractivity contribution in [3.05, 3.63) is 119 Å². The van der Waals surface area contributed by atoms with E-state index in [4.69, 9.17) is 5.73 Å². The third kappa shape index (κ3) is 5.70. The predicted octanol–water partition coefficient (Wildman–Crippen LogP) is 4.13. The van der Waals surface area contributed by atoms with E-state index in [0.717, 1.165) is 28.2 Å². The summed E-state index contributed by atoms with van der Waals surface area (Å²) in [5, 5.41) is 0. The van der Waals surface area contributed by atoms with E-state index in [-0.39, 0.29) is 5.56 Å². The minimum absolute atomic E-state index is 0.0402. The third-order valence-electron chi connectivity index (χ3n) is 6.64. The summed E-state index contributed by atoms with van der Waals surface area (Å²) in [5.74, 6) is -4.39. The second kappa shape index (κ2) is 11.5. The molecule has 3 amide bonds. The Balaban J connectivity index is 1.82. The van der Waals surface area contributed by atoms with Crippen molar-refractivity contribution < 1.29 is 23.2 Å². The maximum Gasteiger partial charge on any atom is 0.247 e. The van der Waals surface area contributed by atoms with Gasteiger partial charge in [0.2, 0.25) is 17.7 Å². The lowest BCUT2D eigenvalue weighted by Gasteiger charge is -2.36. The van der Waals surface area contributed by atoms with Crippen LogP contribution in [0.3, 0.4) is 0 Å². The summed E-state index contributed by atoms with van der Waals surface area (Å²) in [4.78, 5) is 43.6. The summed E-state index contributed by atoms with van der Waals surface area (Å²) < 4.78 is 27.7. The summed E-state index contributed by atoms with van der Waals surface area (Å²) in [7, 11) is 1.62. The van der Waals surface area contributed by atoms with Crippen LogP contribution >= 0.6 is 0 Å². The SMILES string of the molecule is C[C@H](N)C(=O)N(C(=O)Cc1cc(F)cc(F)c1)[C@@H]1C(=O)N(C)[C@@H](c2ccccc2)C=C[C@@H]1c1ccccc1. The fourth-order valence-electron chi connectivity index (χ4n) is 4.79. The second-order valence-corrected chi connectivity index (χ2v) is 9.42. The van der Waals surface area contributed by atoms with Crippen LogP contribution in [0.4, 0.5) is 8.78 Å². The Morgan fingerprint density at radius 1 is 0.921 bits per heavy atom. The van der Waals surface area contributed by atoms with Gasteiger partial charge >= 0.3 is 0 Å². The molecule has 4 rings (SSSR count). The first kappa shape index (κ1) is 26.9. The molecule has 0 radical (unpaired) electrons. The fourth-order valence-corrected chi connectivity index (χ4v) is 4.79. The molecule has 1 heterocycles. The van der Waals surface area contributed by atoms with Gasteiger partial charge in [0.15, 0.2) is 0 Å². The number of amides is 3. The van der Waals surface area contributed by atoms with Crippen LogP contribution < -0.4 is 5.73 Å². The molecule has 196 valence electrons. The predicted molar refractivity (Wildman–Crippen MR) is 140 cm³/mol. The highest BCUT2D eigenvalue weighted by atomic mass is 19.1. The summed E-state index contributed by atoms with van der Waals surface area (Å²) in [5.41, 5.74) is 7.56. The monoisotopic (exact) mass is 517 g/mol. The number of nitrogens with two attached hydrogens (primary N) is 1. The molecule has 0 saturated heterocycles. The van der Waals surface area contributed by atoms with Crippen LogP contribution in [0.5, 0.6) is 0 Å². The summed E-state index contributed by atoms with van der Waals surface area (Å²) in [6, 6.07) is 18.4. The zero-order valence-electron chi connectivity index (χ0n) is 21.1. The normalized spacial score (nSPS) is 20.1. The van der Waals surface area contributed by atoms with Gasteiger partial charge < -0.3 is 10.6 Å². The Bertz CT molecular complexity index is 1330. The molecule has 0 unspecified atom stereocenters. The van der Waals surface area contributed by atoms with E-state index >= 15 is 0 Å². The minimum atomic E-state index is -1.27. The Kier molecular flexibility index (Phi) is 8.12. The highest BCUT2D eigenvalue weighted by molar-refractivity contribution is 6.03. The van der Waals surface area contributed by atoms with Crippen molar-refractivity contribution in [2.75, 3.05) is 7.05 Å². The third-order valence-corrected chi connectivity index (χ3v) is 6.64. The largest absolute Gasteiger partial charge is 0.333 e. The zero-order chi connectivity index (χ0) is 27.4. The van der Waals surface area contributed by atoms with E-state index in [0.29, 0.717) is 6.07 Å². The van der Waals surface area contributed by atoms with Crippen molar-refractivity contribution in [1.82, 2.24) is 9.80 Å². The van der Waals surface area contributed by atoms with Gasteiger partial charge in [-0.3, -0.25) is 19.3 Å². The van der Waals surface area contributed by atoms with E-state index in [9.17, 15) is 23.2 Å². The van der Waals surface area contributed by atoms with Crippen LogP contribution in [0, 0.1) is 11.6 Å². The molecule has 0 fully saturated rings. The van der Waals surface area contributed by atoms with Gasteiger partial charge in [0.1, 0.15) is 17.7 Å². The van der Waals surface area contributed by atoms with Crippen molar-refractivity contribution in [3.63, 3.8) is 0 Å². The molecule has 0 aromatic heterocycles. The first-order chi connectivity index (χ1) is 18.2. The van der Waals surface area contributed by atoms with Gasteiger partial charge in [-0.25, -0.2) is 8.78 Å². The number of benzene rings is 3. The molecule has 6 nitrogen and oxygen atoms in total. The number of rotatable bonds is 6. The molecule has 0 saturated carbocycles. The Morgan fingerprint density at radius 3 is 2.03 bits per heavy atom. The molecule has 1 aliphatic heterocycles. The highest BCUT2D eigenvalue weighted by Crippen LogP contribution is 2.35. The lowest BCUT2D eigenvalue weighted by atomic mass is 9.88. The van der Waals surface area contributed by atoms with Gasteiger partial charge in [0, 0.05) is 19.0 Å². The maximum atomic E-state index is 14.1. The van der Waals surface area contributed by atoms with Crippen LogP contribution in [0.15, 0.2) is 91.0 Å². The van der Waals surface area contributed by atoms with Crippen LogP contribution in [-0.2, 0) is 20.8 Å². The number of imide groups is 1. The fraction of sp³-hybridized carbons (Fsp3) is 0.233. The first-order valence-corrected chi connectivity index (χ1v) is 12.3. The Morgan fingerprint density at radius 2 is 1.47 bits per heavy atom. The minimum Gasteiger partial charge on any atom is -0.333 e. The van der Waals surface area contributed by atoms with Crippen molar-refractivity contribution in [2.45, 2.75) is 37.4 Å². The first-order valence-electron chi connectivity index (χ1n) is 12.3. The number of carbonyl (C=O) groups excluding carboxylic acids is 3. The van der Waals surface area contributed by atoms with Crippen LogP contribution in [0.25, 0.3) is 0 Å². The number of nitrogens with zero attached hydrogens (tertiary/aromatic N) is 2. The molecule has 2 N–H and O–H groups in total. The number of carbonyl (C=O) groups is 3. The number of hydrogen-bond acceptors (Lipinski definition) is 4. The molecule has 0 aliphatic carbocycles. The van der Waals surface area contributed by atoms with Crippen molar-refractivity contribution >= 4 is 17.7 Å². The topological polar surface area (TPSA) is 83.7 Å². The summed E-state index contributed by atoms with van der Waals surface area (Å²) in [6.45, 7) is 1.43. The molecule has 8 heteroatoms. The molecular formula is C30H29F2N3O3. The van der Waals surface area contributed by atoms with Crippen molar-refractivity contribution in [3.8, 4) is 0 Å². The molecular weight excluding hydrogens is 488 g/mol. The van der Waals surface area contributed by atoms with Gasteiger partial charge in [-0.15, -0.1) is 0 Å². The number of likely N-dealkylation sites (N-methyl/N-ethyl adjacent to an activating group) is 1. The smallest absolute Gasteiger partial charge is 0.247 e. The summed E-state index contributed by atoms with van der Waals surface area (Å²) >= 11 is 0. The Labute approximate surface area is 220 Å². The van der Waals surface area contributed by atoms with E-state index in [1.54, 1.807) is 7.05 Å². The number of hydrogen-bond donors (Lipinski definition) is 1. The lowest BCUT2D eigenvalue weighted by molar-refractivity contribution is -0.155. The van der Waals surface area contributed by atoms with Gasteiger partial charge in [0.25, 0.3) is 0 Å². The summed E-state index contributed by atoms with van der Waals surface area (Å²) in [6.07, 6.45) is 3.22. The van der Waals surface area contributed by atoms with Gasteiger partial charge in [-0.05, 0) is 35.7 Å². The van der Waals surface area contributed by atoms with Gasteiger partial charge in [-0.2, -0.15) is 0 Å². The van der Waals surface area contributed by atoms with E-state index in [1.807, 2.05) is 72.8 Å². The quantitative estimate of drug-likeness (QED) is 0.499. The van der Waals surface area contributed by atoms with E-state index in [1.165, 1.54) is 11.8 Å². The second-order valence-electron chi connectivity index (χ2n) is 9.42. The standard InChI is InChI=1S/C30H29F2N3O3/c1-19(33)29(37)35(27(36)17-20-15-23(31)18-24(32)16-20)28-25(21-9-5-3-6-10-21)13-14-26(34(2)30(28)38)22-11-7-4-8-12-22/h3-16,18-19,25-26,28H,17,33H2,1-2H3/t19-,25+,26+,28-/m0/s1. The zero-order valence-corrected chi connectivity index (χ0v) is 21.1.